The minimum Gasteiger partial charge on any atom is -0.462 e. The molecule has 2 unspecified atom stereocenters. The molecule has 0 radical (unpaired) electrons. The number of ether oxygens (including phenoxy) is 5. The second-order valence-corrected chi connectivity index (χ2v) is 21.8. The van der Waals surface area contributed by atoms with E-state index in [-0.39, 0.29) is 75.6 Å². The molecule has 1 heterocycles. The summed E-state index contributed by atoms with van der Waals surface area (Å²) >= 11 is 0. The van der Waals surface area contributed by atoms with Crippen LogP contribution in [0.1, 0.15) is 155 Å². The first-order chi connectivity index (χ1) is 25.1. The Bertz CT molecular complexity index is 1560. The molecule has 1 amide bonds. The highest BCUT2D eigenvalue weighted by molar-refractivity contribution is 5.82. The van der Waals surface area contributed by atoms with Gasteiger partial charge in [0.25, 0.3) is 0 Å². The SMILES string of the molecule is CC(=O)O[C@H]1CC2C3(CC[C@]4(C)[C@@H]([C@@]5(C)CC[C@@H](C(C)(C)O)O5)[C@@H](OC(=O)[C@@H](NC(=O)OC(C)(C)C)C(C)C)C[C@@]24C)C[C@@]32CC[C@H](OC(C)=O)C(C)(C)[C@H]12. The Balaban J connectivity index is 1.40. The van der Waals surface area contributed by atoms with Gasteiger partial charge in [-0.2, -0.15) is 0 Å². The topological polar surface area (TPSA) is 147 Å². The van der Waals surface area contributed by atoms with E-state index in [0.29, 0.717) is 25.7 Å². The zero-order valence-electron chi connectivity index (χ0n) is 36.2. The van der Waals surface area contributed by atoms with E-state index in [4.69, 9.17) is 23.7 Å². The molecule has 1 saturated heterocycles. The number of carbonyl (C=O) groups is 4. The molecule has 6 fully saturated rings. The average molecular weight is 774 g/mol. The van der Waals surface area contributed by atoms with Crippen molar-refractivity contribution in [1.29, 1.82) is 0 Å². The van der Waals surface area contributed by atoms with E-state index in [1.165, 1.54) is 13.8 Å². The summed E-state index contributed by atoms with van der Waals surface area (Å²) in [7, 11) is 0. The summed E-state index contributed by atoms with van der Waals surface area (Å²) in [6.45, 7) is 26.9. The third kappa shape index (κ3) is 6.70. The molecule has 1 aliphatic heterocycles. The van der Waals surface area contributed by atoms with Crippen LogP contribution in [0.4, 0.5) is 4.79 Å². The van der Waals surface area contributed by atoms with Crippen LogP contribution in [-0.4, -0.2) is 76.4 Å². The van der Waals surface area contributed by atoms with E-state index >= 15 is 0 Å². The summed E-state index contributed by atoms with van der Waals surface area (Å²) in [6.07, 6.45) is 5.11. The summed E-state index contributed by atoms with van der Waals surface area (Å²) in [5.41, 5.74) is -3.61. The summed E-state index contributed by atoms with van der Waals surface area (Å²) in [5.74, 6) is -1.35. The molecule has 5 aliphatic carbocycles. The van der Waals surface area contributed by atoms with Crippen LogP contribution in [0, 0.1) is 50.7 Å². The Labute approximate surface area is 329 Å². The van der Waals surface area contributed by atoms with Gasteiger partial charge in [-0.3, -0.25) is 9.59 Å². The van der Waals surface area contributed by atoms with Gasteiger partial charge in [0.05, 0.1) is 17.3 Å². The van der Waals surface area contributed by atoms with Gasteiger partial charge in [-0.15, -0.1) is 0 Å². The third-order valence-electron chi connectivity index (χ3n) is 16.2. The van der Waals surface area contributed by atoms with Gasteiger partial charge in [-0.25, -0.2) is 9.59 Å². The number of aliphatic hydroxyl groups is 1. The Hall–Kier alpha value is -2.40. The highest BCUT2D eigenvalue weighted by Crippen LogP contribution is 2.89. The molecule has 5 saturated carbocycles. The lowest BCUT2D eigenvalue weighted by atomic mass is 9.41. The standard InChI is InChI=1S/C44H71NO10/c1-24(2)32(45-36(49)55-37(5,6)7)35(48)53-28-22-41(13)29-21-27(51-25(3)46)33-38(8,9)30(52-26(4)47)16-18-44(33)23-43(29,44)20-19-40(41,12)34(28)42(14)17-15-31(54-42)39(10,11)50/h24,27-34,50H,15-23H2,1-14H3,(H,45,49)/t27-,28-,29?,30-,31-,32-,33-,34-,40+,41-,42+,43?,44+/m0/s1. The molecule has 0 aromatic rings. The Morgan fingerprint density at radius 1 is 0.782 bits per heavy atom. The second-order valence-electron chi connectivity index (χ2n) is 21.8. The summed E-state index contributed by atoms with van der Waals surface area (Å²) in [6, 6.07) is -0.920. The lowest BCUT2D eigenvalue weighted by Crippen LogP contribution is -2.63. The van der Waals surface area contributed by atoms with Gasteiger partial charge in [-0.05, 0) is 133 Å². The number of carbonyl (C=O) groups excluding carboxylic acids is 4. The Morgan fingerprint density at radius 3 is 1.96 bits per heavy atom. The van der Waals surface area contributed by atoms with Crippen LogP contribution in [-0.2, 0) is 38.1 Å². The van der Waals surface area contributed by atoms with Gasteiger partial charge in [0.2, 0.25) is 0 Å². The van der Waals surface area contributed by atoms with Crippen molar-refractivity contribution in [2.24, 2.45) is 50.7 Å². The monoisotopic (exact) mass is 774 g/mol. The fourth-order valence-electron chi connectivity index (χ4n) is 14.0. The number of hydrogen-bond acceptors (Lipinski definition) is 10. The number of hydrogen-bond donors (Lipinski definition) is 2. The van der Waals surface area contributed by atoms with Crippen molar-refractivity contribution in [3.8, 4) is 0 Å². The van der Waals surface area contributed by atoms with Gasteiger partial charge < -0.3 is 34.1 Å². The molecule has 6 rings (SSSR count). The van der Waals surface area contributed by atoms with E-state index in [1.54, 1.807) is 34.6 Å². The van der Waals surface area contributed by atoms with Crippen molar-refractivity contribution in [3.63, 3.8) is 0 Å². The van der Waals surface area contributed by atoms with Crippen LogP contribution in [0.25, 0.3) is 0 Å². The predicted molar refractivity (Wildman–Crippen MR) is 205 cm³/mol. The molecule has 11 nitrogen and oxygen atoms in total. The summed E-state index contributed by atoms with van der Waals surface area (Å²) in [5, 5.41) is 13.9. The number of esters is 3. The molecule has 0 aromatic carbocycles. The molecular formula is C44H71NO10. The van der Waals surface area contributed by atoms with Crippen molar-refractivity contribution in [2.45, 2.75) is 202 Å². The van der Waals surface area contributed by atoms with Crippen LogP contribution in [0.3, 0.4) is 0 Å². The smallest absolute Gasteiger partial charge is 0.408 e. The van der Waals surface area contributed by atoms with Crippen LogP contribution in [0.5, 0.6) is 0 Å². The van der Waals surface area contributed by atoms with Crippen molar-refractivity contribution in [1.82, 2.24) is 5.32 Å². The van der Waals surface area contributed by atoms with E-state index < -0.39 is 46.4 Å². The molecular weight excluding hydrogens is 702 g/mol. The zero-order valence-corrected chi connectivity index (χ0v) is 36.2. The molecule has 0 aromatic heterocycles. The number of alkyl carbamates (subject to hydrolysis) is 1. The van der Waals surface area contributed by atoms with Gasteiger partial charge in [-0.1, -0.05) is 41.5 Å². The van der Waals surface area contributed by atoms with Crippen molar-refractivity contribution in [2.75, 3.05) is 0 Å². The molecule has 2 N–H and O–H groups in total. The van der Waals surface area contributed by atoms with Crippen LogP contribution >= 0.6 is 0 Å². The molecule has 13 atom stereocenters. The van der Waals surface area contributed by atoms with E-state index in [1.807, 2.05) is 13.8 Å². The highest BCUT2D eigenvalue weighted by Gasteiger charge is 2.85. The lowest BCUT2D eigenvalue weighted by Gasteiger charge is -2.64. The van der Waals surface area contributed by atoms with Gasteiger partial charge >= 0.3 is 24.0 Å². The van der Waals surface area contributed by atoms with E-state index in [0.717, 1.165) is 32.1 Å². The maximum absolute atomic E-state index is 14.4. The minimum atomic E-state index is -1.04. The number of fused-ring (bicyclic) bond motifs is 2. The van der Waals surface area contributed by atoms with Crippen LogP contribution < -0.4 is 5.32 Å². The zero-order chi connectivity index (χ0) is 41.1. The molecule has 2 spiro atoms. The maximum Gasteiger partial charge on any atom is 0.408 e. The normalized spacial score (nSPS) is 43.5. The summed E-state index contributed by atoms with van der Waals surface area (Å²) in [4.78, 5) is 52.5. The predicted octanol–water partition coefficient (Wildman–Crippen LogP) is 7.68. The summed E-state index contributed by atoms with van der Waals surface area (Å²) < 4.78 is 31.5. The average Bonchev–Trinajstić information content (AvgIpc) is 3.36. The first kappa shape index (κ1) is 42.2. The van der Waals surface area contributed by atoms with E-state index in [9.17, 15) is 24.3 Å². The van der Waals surface area contributed by atoms with Gasteiger partial charge in [0.1, 0.15) is 30.0 Å². The molecule has 55 heavy (non-hydrogen) atoms. The number of nitrogens with one attached hydrogen (secondary N) is 1. The molecule has 11 heteroatoms. The van der Waals surface area contributed by atoms with E-state index in [2.05, 4.69) is 39.9 Å². The second kappa shape index (κ2) is 13.3. The number of amides is 1. The minimum absolute atomic E-state index is 0.0102. The quantitative estimate of drug-likeness (QED) is 0.186. The molecule has 6 aliphatic rings. The first-order valence-electron chi connectivity index (χ1n) is 21.0. The first-order valence-corrected chi connectivity index (χ1v) is 21.0. The van der Waals surface area contributed by atoms with Crippen molar-refractivity contribution < 1.29 is 48.0 Å². The third-order valence-corrected chi connectivity index (χ3v) is 16.2. The fourth-order valence-corrected chi connectivity index (χ4v) is 14.0. The Morgan fingerprint density at radius 2 is 1.42 bits per heavy atom. The van der Waals surface area contributed by atoms with Crippen LogP contribution in [0.15, 0.2) is 0 Å². The highest BCUT2D eigenvalue weighted by atomic mass is 16.6. The fraction of sp³-hybridized carbons (Fsp3) is 0.909. The van der Waals surface area contributed by atoms with Gasteiger partial charge in [0.15, 0.2) is 0 Å². The largest absolute Gasteiger partial charge is 0.462 e. The lowest BCUT2D eigenvalue weighted by molar-refractivity contribution is -0.224. The van der Waals surface area contributed by atoms with Crippen molar-refractivity contribution >= 4 is 24.0 Å². The maximum atomic E-state index is 14.4. The van der Waals surface area contributed by atoms with Gasteiger partial charge in [0, 0.05) is 31.1 Å². The molecule has 312 valence electrons. The number of rotatable bonds is 8. The molecule has 0 bridgehead atoms. The van der Waals surface area contributed by atoms with Crippen LogP contribution in [0.2, 0.25) is 0 Å². The van der Waals surface area contributed by atoms with Crippen molar-refractivity contribution in [3.05, 3.63) is 0 Å². The Kier molecular flexibility index (Phi) is 10.2.